The van der Waals surface area contributed by atoms with Gasteiger partial charge in [0.15, 0.2) is 0 Å². The molecule has 17 heavy (non-hydrogen) atoms. The van der Waals surface area contributed by atoms with E-state index in [2.05, 4.69) is 6.07 Å². The van der Waals surface area contributed by atoms with Crippen molar-refractivity contribution >= 4 is 12.7 Å². The first-order chi connectivity index (χ1) is 8.18. The van der Waals surface area contributed by atoms with E-state index in [1.807, 2.05) is 25.1 Å². The Morgan fingerprint density at radius 1 is 1.41 bits per heavy atom. The van der Waals surface area contributed by atoms with Gasteiger partial charge in [-0.25, -0.2) is 0 Å². The zero-order chi connectivity index (χ0) is 12.4. The Morgan fingerprint density at radius 3 is 2.47 bits per heavy atom. The predicted molar refractivity (Wildman–Crippen MR) is 67.5 cm³/mol. The maximum absolute atomic E-state index is 13.1. The average Bonchev–Trinajstić information content (AvgIpc) is 2.30. The molecule has 2 rings (SSSR count). The molecule has 0 aromatic heterocycles. The molecule has 0 saturated heterocycles. The van der Waals surface area contributed by atoms with Crippen molar-refractivity contribution in [2.45, 2.75) is 31.3 Å². The molecular weight excluding hydrogens is 233 g/mol. The molecule has 1 unspecified atom stereocenters. The SMILES string of the molecule is CCOP(=O)(c1ccccc1)C1(C#N)CCC1. The van der Waals surface area contributed by atoms with Crippen LogP contribution in [0.25, 0.3) is 0 Å². The minimum Gasteiger partial charge on any atom is -0.324 e. The van der Waals surface area contributed by atoms with Crippen LogP contribution in [0.5, 0.6) is 0 Å². The predicted octanol–water partition coefficient (Wildman–Crippen LogP) is 3.07. The molecule has 1 saturated carbocycles. The van der Waals surface area contributed by atoms with E-state index in [-0.39, 0.29) is 0 Å². The third-order valence-electron chi connectivity index (χ3n) is 3.36. The molecule has 1 fully saturated rings. The van der Waals surface area contributed by atoms with Crippen LogP contribution in [0.3, 0.4) is 0 Å². The molecule has 90 valence electrons. The third kappa shape index (κ3) is 1.82. The molecule has 1 aromatic rings. The van der Waals surface area contributed by atoms with Crippen LogP contribution in [-0.4, -0.2) is 11.8 Å². The van der Waals surface area contributed by atoms with Crippen molar-refractivity contribution < 1.29 is 9.09 Å². The minimum atomic E-state index is -3.07. The zero-order valence-electron chi connectivity index (χ0n) is 9.93. The third-order valence-corrected chi connectivity index (χ3v) is 6.63. The summed E-state index contributed by atoms with van der Waals surface area (Å²) in [7, 11) is -3.07. The van der Waals surface area contributed by atoms with Gasteiger partial charge in [0.05, 0.1) is 12.7 Å². The van der Waals surface area contributed by atoms with Crippen LogP contribution in [0.2, 0.25) is 0 Å². The van der Waals surface area contributed by atoms with Gasteiger partial charge in [-0.1, -0.05) is 18.2 Å². The summed E-state index contributed by atoms with van der Waals surface area (Å²) in [5, 5.41) is 9.24. The fourth-order valence-electron chi connectivity index (χ4n) is 2.23. The lowest BCUT2D eigenvalue weighted by Crippen LogP contribution is -2.39. The minimum absolute atomic E-state index is 0.371. The van der Waals surface area contributed by atoms with Crippen molar-refractivity contribution in [3.8, 4) is 6.07 Å². The average molecular weight is 249 g/mol. The molecule has 1 atom stereocenters. The Kier molecular flexibility index (Phi) is 3.38. The van der Waals surface area contributed by atoms with E-state index in [9.17, 15) is 9.83 Å². The number of rotatable bonds is 4. The van der Waals surface area contributed by atoms with Crippen LogP contribution in [0.4, 0.5) is 0 Å². The summed E-state index contributed by atoms with van der Waals surface area (Å²) in [6.45, 7) is 2.19. The van der Waals surface area contributed by atoms with Crippen molar-refractivity contribution in [2.75, 3.05) is 6.61 Å². The Bertz CT molecular complexity index is 474. The second-order valence-electron chi connectivity index (χ2n) is 4.30. The number of hydrogen-bond donors (Lipinski definition) is 0. The van der Waals surface area contributed by atoms with Crippen LogP contribution < -0.4 is 5.30 Å². The fraction of sp³-hybridized carbons (Fsp3) is 0.462. The van der Waals surface area contributed by atoms with E-state index < -0.39 is 12.5 Å². The Hall–Kier alpha value is -1.10. The summed E-state index contributed by atoms with van der Waals surface area (Å²) in [5.41, 5.74) is 0. The molecule has 0 heterocycles. The van der Waals surface area contributed by atoms with Crippen LogP contribution >= 0.6 is 7.37 Å². The second-order valence-corrected chi connectivity index (χ2v) is 7.04. The largest absolute Gasteiger partial charge is 0.324 e. The number of hydrogen-bond acceptors (Lipinski definition) is 3. The first-order valence-electron chi connectivity index (χ1n) is 5.90. The highest BCUT2D eigenvalue weighted by Gasteiger charge is 2.55. The van der Waals surface area contributed by atoms with Crippen LogP contribution in [0.1, 0.15) is 26.2 Å². The normalized spacial score (nSPS) is 20.9. The summed E-state index contributed by atoms with van der Waals surface area (Å²) in [4.78, 5) is 0. The Labute approximate surface area is 102 Å². The summed E-state index contributed by atoms with van der Waals surface area (Å²) >= 11 is 0. The van der Waals surface area contributed by atoms with E-state index >= 15 is 0 Å². The second kappa shape index (κ2) is 4.64. The standard InChI is InChI=1S/C13H16NO2P/c1-2-16-17(15,12-7-4-3-5-8-12)13(11-14)9-6-10-13/h3-5,7-8H,2,6,9-10H2,1H3. The Balaban J connectivity index is 2.47. The molecule has 0 radical (unpaired) electrons. The highest BCUT2D eigenvalue weighted by molar-refractivity contribution is 7.68. The smallest absolute Gasteiger partial charge is 0.251 e. The maximum atomic E-state index is 13.1. The first kappa shape index (κ1) is 12.4. The van der Waals surface area contributed by atoms with Crippen molar-refractivity contribution in [3.05, 3.63) is 30.3 Å². The van der Waals surface area contributed by atoms with Crippen molar-refractivity contribution in [1.29, 1.82) is 5.26 Å². The van der Waals surface area contributed by atoms with Crippen molar-refractivity contribution in [2.24, 2.45) is 0 Å². The van der Waals surface area contributed by atoms with Crippen LogP contribution in [0.15, 0.2) is 30.3 Å². The monoisotopic (exact) mass is 249 g/mol. The van der Waals surface area contributed by atoms with Gasteiger partial charge in [-0.05, 0) is 38.3 Å². The van der Waals surface area contributed by atoms with E-state index in [0.717, 1.165) is 6.42 Å². The maximum Gasteiger partial charge on any atom is 0.251 e. The molecule has 4 heteroatoms. The van der Waals surface area contributed by atoms with E-state index in [0.29, 0.717) is 24.8 Å². The van der Waals surface area contributed by atoms with E-state index in [4.69, 9.17) is 4.52 Å². The van der Waals surface area contributed by atoms with Crippen LogP contribution in [-0.2, 0) is 9.09 Å². The van der Waals surface area contributed by atoms with Gasteiger partial charge in [0.1, 0.15) is 5.16 Å². The molecule has 0 spiro atoms. The van der Waals surface area contributed by atoms with Gasteiger partial charge in [0.2, 0.25) is 0 Å². The molecule has 1 aliphatic carbocycles. The molecule has 0 aliphatic heterocycles. The van der Waals surface area contributed by atoms with Gasteiger partial charge in [0, 0.05) is 5.30 Å². The van der Waals surface area contributed by atoms with E-state index in [1.54, 1.807) is 12.1 Å². The molecule has 1 aromatic carbocycles. The summed E-state index contributed by atoms with van der Waals surface area (Å²) < 4.78 is 18.7. The van der Waals surface area contributed by atoms with Gasteiger partial charge < -0.3 is 4.52 Å². The zero-order valence-corrected chi connectivity index (χ0v) is 10.8. The molecule has 0 bridgehead atoms. The lowest BCUT2D eigenvalue weighted by atomic mass is 9.86. The van der Waals surface area contributed by atoms with Gasteiger partial charge in [0.25, 0.3) is 7.37 Å². The fourth-order valence-corrected chi connectivity index (χ4v) is 5.09. The summed E-state index contributed by atoms with van der Waals surface area (Å²) in [5.74, 6) is 0. The topological polar surface area (TPSA) is 50.1 Å². The number of nitrogens with zero attached hydrogens (tertiary/aromatic N) is 1. The van der Waals surface area contributed by atoms with Gasteiger partial charge in [-0.2, -0.15) is 5.26 Å². The van der Waals surface area contributed by atoms with Gasteiger partial charge in [-0.15, -0.1) is 0 Å². The highest BCUT2D eigenvalue weighted by atomic mass is 31.2. The lowest BCUT2D eigenvalue weighted by molar-refractivity contribution is 0.294. The van der Waals surface area contributed by atoms with Crippen LogP contribution in [0, 0.1) is 11.3 Å². The number of nitriles is 1. The lowest BCUT2D eigenvalue weighted by Gasteiger charge is -2.41. The Morgan fingerprint density at radius 2 is 2.06 bits per heavy atom. The summed E-state index contributed by atoms with van der Waals surface area (Å²) in [6, 6.07) is 11.4. The summed E-state index contributed by atoms with van der Waals surface area (Å²) in [6.07, 6.45) is 2.31. The van der Waals surface area contributed by atoms with E-state index in [1.165, 1.54) is 0 Å². The van der Waals surface area contributed by atoms with Gasteiger partial charge in [-0.3, -0.25) is 4.57 Å². The highest BCUT2D eigenvalue weighted by Crippen LogP contribution is 2.65. The van der Waals surface area contributed by atoms with Crippen molar-refractivity contribution in [1.82, 2.24) is 0 Å². The van der Waals surface area contributed by atoms with Gasteiger partial charge >= 0.3 is 0 Å². The molecule has 3 nitrogen and oxygen atoms in total. The molecule has 0 N–H and O–H groups in total. The molecule has 1 aliphatic rings. The first-order valence-corrected chi connectivity index (χ1v) is 7.52. The van der Waals surface area contributed by atoms with Crippen molar-refractivity contribution in [3.63, 3.8) is 0 Å². The number of benzene rings is 1. The quantitative estimate of drug-likeness (QED) is 0.770. The molecular formula is C13H16NO2P. The molecule has 0 amide bonds.